The predicted molar refractivity (Wildman–Crippen MR) is 114 cm³/mol. The van der Waals surface area contributed by atoms with E-state index in [0.717, 1.165) is 5.56 Å². The summed E-state index contributed by atoms with van der Waals surface area (Å²) in [4.78, 5) is 11.0. The van der Waals surface area contributed by atoms with Crippen molar-refractivity contribution in [3.8, 4) is 11.5 Å². The lowest BCUT2D eigenvalue weighted by Crippen LogP contribution is -2.04. The molecular weight excluding hydrogens is 432 g/mol. The van der Waals surface area contributed by atoms with Gasteiger partial charge in [-0.3, -0.25) is 0 Å². The van der Waals surface area contributed by atoms with Gasteiger partial charge in [-0.1, -0.05) is 35.3 Å². The highest BCUT2D eigenvalue weighted by molar-refractivity contribution is 6.33. The number of anilines is 1. The highest BCUT2D eigenvalue weighted by Crippen LogP contribution is 2.30. The topological polar surface area (TPSA) is 67.8 Å². The molecule has 0 heterocycles. The molecule has 0 aromatic heterocycles. The minimum atomic E-state index is -1.08. The smallest absolute Gasteiger partial charge is 0.337 e. The molecule has 0 spiro atoms. The Kier molecular flexibility index (Phi) is 7.03. The fourth-order valence-corrected chi connectivity index (χ4v) is 3.24. The van der Waals surface area contributed by atoms with Crippen LogP contribution in [0.15, 0.2) is 54.6 Å². The molecule has 0 amide bonds. The first-order chi connectivity index (χ1) is 14.4. The summed E-state index contributed by atoms with van der Waals surface area (Å²) < 4.78 is 25.0. The summed E-state index contributed by atoms with van der Waals surface area (Å²) in [7, 11) is 1.51. The molecule has 0 unspecified atom stereocenters. The molecule has 8 heteroatoms. The number of carboxylic acids is 1. The van der Waals surface area contributed by atoms with Gasteiger partial charge >= 0.3 is 5.97 Å². The van der Waals surface area contributed by atoms with E-state index in [-0.39, 0.29) is 22.8 Å². The zero-order valence-corrected chi connectivity index (χ0v) is 17.4. The Bertz CT molecular complexity index is 1050. The van der Waals surface area contributed by atoms with Gasteiger partial charge < -0.3 is 19.9 Å². The molecule has 0 saturated heterocycles. The summed E-state index contributed by atoms with van der Waals surface area (Å²) in [5.41, 5.74) is 1.88. The monoisotopic (exact) mass is 449 g/mol. The highest BCUT2D eigenvalue weighted by atomic mass is 35.5. The lowest BCUT2D eigenvalue weighted by Gasteiger charge is -2.14. The number of rotatable bonds is 8. The number of ether oxygens (including phenoxy) is 2. The maximum atomic E-state index is 13.9. The minimum Gasteiger partial charge on any atom is -0.493 e. The fourth-order valence-electron chi connectivity index (χ4n) is 2.76. The summed E-state index contributed by atoms with van der Waals surface area (Å²) >= 11 is 12.0. The maximum absolute atomic E-state index is 13.9. The summed E-state index contributed by atoms with van der Waals surface area (Å²) in [5.74, 6) is -0.575. The van der Waals surface area contributed by atoms with Crippen LogP contribution < -0.4 is 14.8 Å². The van der Waals surface area contributed by atoms with Crippen LogP contribution in [-0.4, -0.2) is 18.2 Å². The van der Waals surface area contributed by atoms with Crippen LogP contribution in [0, 0.1) is 5.82 Å². The number of carboxylic acid groups (broad SMARTS) is 1. The van der Waals surface area contributed by atoms with Crippen LogP contribution >= 0.6 is 23.2 Å². The van der Waals surface area contributed by atoms with Gasteiger partial charge in [-0.15, -0.1) is 0 Å². The first kappa shape index (κ1) is 21.7. The molecule has 3 aromatic rings. The molecular formula is C22H18Cl2FNO4. The van der Waals surface area contributed by atoms with E-state index in [0.29, 0.717) is 28.8 Å². The van der Waals surface area contributed by atoms with E-state index in [1.165, 1.54) is 25.3 Å². The maximum Gasteiger partial charge on any atom is 0.337 e. The molecule has 0 aliphatic heterocycles. The number of benzene rings is 3. The summed E-state index contributed by atoms with van der Waals surface area (Å²) in [5, 5.41) is 12.7. The van der Waals surface area contributed by atoms with Gasteiger partial charge in [0.2, 0.25) is 0 Å². The molecule has 3 aromatic carbocycles. The van der Waals surface area contributed by atoms with E-state index in [1.54, 1.807) is 30.3 Å². The van der Waals surface area contributed by atoms with E-state index in [4.69, 9.17) is 37.8 Å². The first-order valence-electron chi connectivity index (χ1n) is 8.88. The molecule has 0 saturated carbocycles. The number of hydrogen-bond donors (Lipinski definition) is 2. The van der Waals surface area contributed by atoms with Crippen LogP contribution in [0.2, 0.25) is 10.0 Å². The zero-order chi connectivity index (χ0) is 21.7. The molecule has 3 rings (SSSR count). The molecule has 5 nitrogen and oxygen atoms in total. The van der Waals surface area contributed by atoms with Gasteiger partial charge in [0.25, 0.3) is 0 Å². The van der Waals surface area contributed by atoms with Crippen molar-refractivity contribution >= 4 is 34.9 Å². The average molecular weight is 450 g/mol. The van der Waals surface area contributed by atoms with E-state index < -0.39 is 11.8 Å². The van der Waals surface area contributed by atoms with Gasteiger partial charge in [-0.25, -0.2) is 9.18 Å². The summed E-state index contributed by atoms with van der Waals surface area (Å²) in [6, 6.07) is 14.4. The SMILES string of the molecule is COc1cc(CNc2ccc(C(=O)O)c(Cl)c2)ccc1OCc1c(F)cccc1Cl. The Labute approximate surface area is 183 Å². The number of aromatic carboxylic acids is 1. The number of carbonyl (C=O) groups is 1. The summed E-state index contributed by atoms with van der Waals surface area (Å²) in [6.45, 7) is 0.409. The molecule has 156 valence electrons. The predicted octanol–water partition coefficient (Wildman–Crippen LogP) is 6.03. The second-order valence-electron chi connectivity index (χ2n) is 6.33. The Morgan fingerprint density at radius 2 is 1.87 bits per heavy atom. The standard InChI is InChI=1S/C22H18Cl2FNO4/c1-29-21-9-13(11-26-14-6-7-15(22(27)28)18(24)10-14)5-8-20(21)30-12-16-17(23)3-2-4-19(16)25/h2-10,26H,11-12H2,1H3,(H,27,28). The third-order valence-corrected chi connectivity index (χ3v) is 5.02. The number of halogens is 3. The van der Waals surface area contributed by atoms with Crippen molar-refractivity contribution < 1.29 is 23.8 Å². The third-order valence-electron chi connectivity index (χ3n) is 4.36. The van der Waals surface area contributed by atoms with Crippen molar-refractivity contribution in [3.05, 3.63) is 87.2 Å². The van der Waals surface area contributed by atoms with Crippen molar-refractivity contribution in [3.63, 3.8) is 0 Å². The second kappa shape index (κ2) is 9.69. The normalized spacial score (nSPS) is 10.5. The van der Waals surface area contributed by atoms with Gasteiger partial charge in [0.1, 0.15) is 12.4 Å². The van der Waals surface area contributed by atoms with Crippen molar-refractivity contribution in [1.29, 1.82) is 0 Å². The van der Waals surface area contributed by atoms with Crippen molar-refractivity contribution in [2.45, 2.75) is 13.2 Å². The number of methoxy groups -OCH3 is 1. The van der Waals surface area contributed by atoms with Gasteiger partial charge in [0, 0.05) is 17.8 Å². The quantitative estimate of drug-likeness (QED) is 0.439. The van der Waals surface area contributed by atoms with Crippen LogP contribution in [0.1, 0.15) is 21.5 Å². The van der Waals surface area contributed by atoms with Gasteiger partial charge in [0.05, 0.1) is 22.7 Å². The van der Waals surface area contributed by atoms with Crippen LogP contribution in [0.25, 0.3) is 0 Å². The van der Waals surface area contributed by atoms with Crippen molar-refractivity contribution in [2.24, 2.45) is 0 Å². The molecule has 30 heavy (non-hydrogen) atoms. The average Bonchev–Trinajstić information content (AvgIpc) is 2.72. The van der Waals surface area contributed by atoms with E-state index >= 15 is 0 Å². The number of hydrogen-bond acceptors (Lipinski definition) is 4. The lowest BCUT2D eigenvalue weighted by atomic mass is 10.1. The largest absolute Gasteiger partial charge is 0.493 e. The van der Waals surface area contributed by atoms with Crippen molar-refractivity contribution in [2.75, 3.05) is 12.4 Å². The first-order valence-corrected chi connectivity index (χ1v) is 9.64. The molecule has 0 atom stereocenters. The van der Waals surface area contributed by atoms with E-state index in [2.05, 4.69) is 5.32 Å². The molecule has 0 aliphatic carbocycles. The van der Waals surface area contributed by atoms with E-state index in [1.807, 2.05) is 6.07 Å². The van der Waals surface area contributed by atoms with Gasteiger partial charge in [-0.05, 0) is 48.0 Å². The van der Waals surface area contributed by atoms with E-state index in [9.17, 15) is 9.18 Å². The van der Waals surface area contributed by atoms with Crippen LogP contribution in [-0.2, 0) is 13.2 Å². The molecule has 0 bridgehead atoms. The van der Waals surface area contributed by atoms with Gasteiger partial charge in [0.15, 0.2) is 11.5 Å². The fraction of sp³-hybridized carbons (Fsp3) is 0.136. The Hall–Kier alpha value is -2.96. The zero-order valence-electron chi connectivity index (χ0n) is 15.9. The molecule has 0 fully saturated rings. The Balaban J connectivity index is 1.68. The molecule has 2 N–H and O–H groups in total. The van der Waals surface area contributed by atoms with Crippen molar-refractivity contribution in [1.82, 2.24) is 0 Å². The van der Waals surface area contributed by atoms with Crippen LogP contribution in [0.4, 0.5) is 10.1 Å². The Morgan fingerprint density at radius 3 is 2.53 bits per heavy atom. The second-order valence-corrected chi connectivity index (χ2v) is 7.14. The Morgan fingerprint density at radius 1 is 1.07 bits per heavy atom. The molecule has 0 aliphatic rings. The van der Waals surface area contributed by atoms with Crippen LogP contribution in [0.3, 0.4) is 0 Å². The number of nitrogens with one attached hydrogen (secondary N) is 1. The summed E-state index contributed by atoms with van der Waals surface area (Å²) in [6.07, 6.45) is 0. The lowest BCUT2D eigenvalue weighted by molar-refractivity contribution is 0.0697. The minimum absolute atomic E-state index is 0.0338. The highest BCUT2D eigenvalue weighted by Gasteiger charge is 2.12. The van der Waals surface area contributed by atoms with Gasteiger partial charge in [-0.2, -0.15) is 0 Å². The van der Waals surface area contributed by atoms with Crippen LogP contribution in [0.5, 0.6) is 11.5 Å². The molecule has 0 radical (unpaired) electrons. The third kappa shape index (κ3) is 5.14.